The second-order valence-electron chi connectivity index (χ2n) is 1.97. The van der Waals surface area contributed by atoms with E-state index >= 15 is 0 Å². The van der Waals surface area contributed by atoms with Crippen molar-refractivity contribution in [3.63, 3.8) is 0 Å². The van der Waals surface area contributed by atoms with Crippen molar-refractivity contribution in [3.8, 4) is 0 Å². The first-order valence-electron chi connectivity index (χ1n) is 3.03. The molecular weight excluding hydrogens is 126 g/mol. The van der Waals surface area contributed by atoms with Gasteiger partial charge < -0.3 is 5.11 Å². The summed E-state index contributed by atoms with van der Waals surface area (Å²) in [6.45, 7) is 3.24. The topological polar surface area (TPSA) is 32.6 Å². The van der Waals surface area contributed by atoms with Gasteiger partial charge in [0.05, 0.1) is 0 Å². The molecule has 1 aromatic rings. The summed E-state index contributed by atoms with van der Waals surface area (Å²) < 4.78 is 0. The summed E-state index contributed by atoms with van der Waals surface area (Å²) in [4.78, 5) is 3.46. The number of hydrogen-bond acceptors (Lipinski definition) is 2. The minimum Gasteiger partial charge on any atom is -0.368 e. The molecule has 0 radical (unpaired) electrons. The normalized spacial score (nSPS) is 12.5. The van der Waals surface area contributed by atoms with E-state index in [4.69, 9.17) is 5.11 Å². The molecule has 2 nitrogen and oxygen atoms in total. The van der Waals surface area contributed by atoms with E-state index in [-0.39, 0.29) is 0 Å². The molecule has 2 heteroatoms. The van der Waals surface area contributed by atoms with Crippen LogP contribution in [0.3, 0.4) is 0 Å². The average molecular weight is 135 g/mol. The van der Waals surface area contributed by atoms with E-state index in [1.54, 1.807) is 12.1 Å². The van der Waals surface area contributed by atoms with E-state index < -0.39 is 6.23 Å². The van der Waals surface area contributed by atoms with Crippen molar-refractivity contribution in [2.45, 2.75) is 6.23 Å². The molecule has 0 aliphatic rings. The molecule has 1 N–H and O–H groups in total. The monoisotopic (exact) mass is 135 g/mol. The predicted molar refractivity (Wildman–Crippen MR) is 41.0 cm³/mol. The number of benzene rings is 1. The number of nitrogens with zero attached hydrogens (tertiary/aromatic N) is 1. The molecule has 1 rings (SSSR count). The third-order valence-electron chi connectivity index (χ3n) is 1.27. The fourth-order valence-electron chi connectivity index (χ4n) is 0.731. The molecule has 1 unspecified atom stereocenters. The van der Waals surface area contributed by atoms with E-state index in [1.807, 2.05) is 18.2 Å². The lowest BCUT2D eigenvalue weighted by atomic mass is 10.2. The highest BCUT2D eigenvalue weighted by atomic mass is 16.3. The van der Waals surface area contributed by atoms with Crippen molar-refractivity contribution >= 4 is 6.72 Å². The van der Waals surface area contributed by atoms with Gasteiger partial charge in [-0.15, -0.1) is 0 Å². The lowest BCUT2D eigenvalue weighted by Gasteiger charge is -2.02. The molecule has 10 heavy (non-hydrogen) atoms. The van der Waals surface area contributed by atoms with E-state index in [0.717, 1.165) is 5.56 Å². The highest BCUT2D eigenvalue weighted by molar-refractivity contribution is 5.26. The summed E-state index contributed by atoms with van der Waals surface area (Å²) in [5.74, 6) is 0. The highest BCUT2D eigenvalue weighted by Gasteiger charge is 1.99. The van der Waals surface area contributed by atoms with Crippen molar-refractivity contribution in [1.29, 1.82) is 0 Å². The van der Waals surface area contributed by atoms with Gasteiger partial charge in [-0.2, -0.15) is 0 Å². The number of aliphatic hydroxyl groups is 1. The maximum absolute atomic E-state index is 9.10. The van der Waals surface area contributed by atoms with Gasteiger partial charge in [0.2, 0.25) is 0 Å². The van der Waals surface area contributed by atoms with Gasteiger partial charge in [0.25, 0.3) is 0 Å². The maximum atomic E-state index is 9.10. The maximum Gasteiger partial charge on any atom is 0.170 e. The highest BCUT2D eigenvalue weighted by Crippen LogP contribution is 2.11. The van der Waals surface area contributed by atoms with E-state index in [0.29, 0.717) is 0 Å². The summed E-state index contributed by atoms with van der Waals surface area (Å²) in [5, 5.41) is 9.10. The minimum atomic E-state index is -0.777. The van der Waals surface area contributed by atoms with Crippen molar-refractivity contribution in [2.24, 2.45) is 4.99 Å². The first-order valence-corrected chi connectivity index (χ1v) is 3.03. The first-order chi connectivity index (χ1) is 4.84. The zero-order valence-electron chi connectivity index (χ0n) is 5.57. The van der Waals surface area contributed by atoms with Crippen LogP contribution in [0.1, 0.15) is 11.8 Å². The molecule has 0 fully saturated rings. The van der Waals surface area contributed by atoms with Gasteiger partial charge in [0.15, 0.2) is 6.23 Å². The van der Waals surface area contributed by atoms with Crippen LogP contribution in [0.2, 0.25) is 0 Å². The largest absolute Gasteiger partial charge is 0.368 e. The molecule has 0 saturated carbocycles. The molecule has 0 aliphatic heterocycles. The summed E-state index contributed by atoms with van der Waals surface area (Å²) in [6, 6.07) is 9.20. The van der Waals surface area contributed by atoms with Crippen molar-refractivity contribution in [3.05, 3.63) is 35.9 Å². The second kappa shape index (κ2) is 3.13. The quantitative estimate of drug-likeness (QED) is 0.610. The molecule has 0 aromatic heterocycles. The Morgan fingerprint density at radius 2 is 1.90 bits per heavy atom. The zero-order chi connectivity index (χ0) is 7.40. The lowest BCUT2D eigenvalue weighted by Crippen LogP contribution is -1.90. The summed E-state index contributed by atoms with van der Waals surface area (Å²) in [7, 11) is 0. The molecule has 0 bridgehead atoms. The van der Waals surface area contributed by atoms with Crippen molar-refractivity contribution in [2.75, 3.05) is 0 Å². The Balaban J connectivity index is 2.84. The molecular formula is C8H9NO. The number of aliphatic hydroxyl groups excluding tert-OH is 1. The fourth-order valence-corrected chi connectivity index (χ4v) is 0.731. The summed E-state index contributed by atoms with van der Waals surface area (Å²) in [5.41, 5.74) is 0.775. The Kier molecular flexibility index (Phi) is 2.18. The van der Waals surface area contributed by atoms with Crippen LogP contribution < -0.4 is 0 Å². The van der Waals surface area contributed by atoms with Crippen LogP contribution in [-0.2, 0) is 0 Å². The number of hydrogen-bond donors (Lipinski definition) is 1. The predicted octanol–water partition coefficient (Wildman–Crippen LogP) is 1.38. The molecule has 52 valence electrons. The molecule has 0 spiro atoms. The molecule has 0 amide bonds. The van der Waals surface area contributed by atoms with Crippen LogP contribution >= 0.6 is 0 Å². The Morgan fingerprint density at radius 3 is 2.40 bits per heavy atom. The van der Waals surface area contributed by atoms with Crippen LogP contribution in [0.4, 0.5) is 0 Å². The molecule has 0 aliphatic carbocycles. The Hall–Kier alpha value is -1.15. The van der Waals surface area contributed by atoms with Gasteiger partial charge in [0, 0.05) is 5.56 Å². The summed E-state index contributed by atoms with van der Waals surface area (Å²) in [6.07, 6.45) is -0.777. The van der Waals surface area contributed by atoms with Gasteiger partial charge in [-0.05, 0) is 6.72 Å². The Morgan fingerprint density at radius 1 is 1.30 bits per heavy atom. The van der Waals surface area contributed by atoms with Crippen LogP contribution in [0.15, 0.2) is 35.3 Å². The standard InChI is InChI=1S/C8H9NO/c1-9-8(10)7-5-3-2-4-6-7/h2-6,8,10H,1H2. The SMILES string of the molecule is C=NC(O)c1ccccc1. The number of aliphatic imine (C=N–C) groups is 1. The zero-order valence-corrected chi connectivity index (χ0v) is 5.57. The first kappa shape index (κ1) is 6.96. The van der Waals surface area contributed by atoms with Gasteiger partial charge in [-0.3, -0.25) is 4.99 Å². The summed E-state index contributed by atoms with van der Waals surface area (Å²) >= 11 is 0. The van der Waals surface area contributed by atoms with Crippen LogP contribution in [0.25, 0.3) is 0 Å². The smallest absolute Gasteiger partial charge is 0.170 e. The Labute approximate surface area is 59.9 Å². The van der Waals surface area contributed by atoms with Crippen molar-refractivity contribution < 1.29 is 5.11 Å². The van der Waals surface area contributed by atoms with Crippen LogP contribution in [-0.4, -0.2) is 11.8 Å². The van der Waals surface area contributed by atoms with Gasteiger partial charge >= 0.3 is 0 Å². The second-order valence-corrected chi connectivity index (χ2v) is 1.97. The molecule has 0 heterocycles. The van der Waals surface area contributed by atoms with Gasteiger partial charge in [-0.1, -0.05) is 30.3 Å². The van der Waals surface area contributed by atoms with E-state index in [9.17, 15) is 0 Å². The van der Waals surface area contributed by atoms with Gasteiger partial charge in [-0.25, -0.2) is 0 Å². The van der Waals surface area contributed by atoms with Crippen LogP contribution in [0, 0.1) is 0 Å². The van der Waals surface area contributed by atoms with Crippen molar-refractivity contribution in [1.82, 2.24) is 0 Å². The Bertz CT molecular complexity index is 208. The fraction of sp³-hybridized carbons (Fsp3) is 0.125. The molecule has 1 aromatic carbocycles. The average Bonchev–Trinajstić information content (AvgIpc) is 2.05. The lowest BCUT2D eigenvalue weighted by molar-refractivity contribution is 0.190. The van der Waals surface area contributed by atoms with Gasteiger partial charge in [0.1, 0.15) is 0 Å². The third kappa shape index (κ3) is 1.42. The number of rotatable bonds is 2. The molecule has 1 atom stereocenters. The van der Waals surface area contributed by atoms with E-state index in [1.165, 1.54) is 0 Å². The minimum absolute atomic E-state index is 0.775. The molecule has 0 saturated heterocycles. The van der Waals surface area contributed by atoms with E-state index in [2.05, 4.69) is 11.7 Å². The van der Waals surface area contributed by atoms with Crippen LogP contribution in [0.5, 0.6) is 0 Å². The third-order valence-corrected chi connectivity index (χ3v) is 1.27.